The number of amides is 2. The third kappa shape index (κ3) is 4.21. The topological polar surface area (TPSA) is 67.7 Å². The van der Waals surface area contributed by atoms with E-state index in [-0.39, 0.29) is 6.03 Å². The fraction of sp³-hybridized carbons (Fsp3) is 0.300. The SMILES string of the molecule is CCOCCCNC(=O)Nc1c(-c2ccc(C)cc2)nc2ccccn12. The number of nitrogens with zero attached hydrogens (tertiary/aromatic N) is 2. The van der Waals surface area contributed by atoms with Crippen molar-refractivity contribution in [1.82, 2.24) is 14.7 Å². The number of anilines is 1. The van der Waals surface area contributed by atoms with Gasteiger partial charge in [0.25, 0.3) is 0 Å². The number of carbonyl (C=O) groups excluding carboxylic acids is 1. The number of urea groups is 1. The summed E-state index contributed by atoms with van der Waals surface area (Å²) < 4.78 is 7.16. The number of aromatic nitrogens is 2. The van der Waals surface area contributed by atoms with E-state index in [1.54, 1.807) is 0 Å². The van der Waals surface area contributed by atoms with Crippen molar-refractivity contribution in [2.75, 3.05) is 25.1 Å². The van der Waals surface area contributed by atoms with Crippen molar-refractivity contribution in [3.63, 3.8) is 0 Å². The van der Waals surface area contributed by atoms with Crippen LogP contribution in [0.2, 0.25) is 0 Å². The van der Waals surface area contributed by atoms with Gasteiger partial charge in [-0.25, -0.2) is 9.78 Å². The molecule has 1 aromatic carbocycles. The Morgan fingerprint density at radius 1 is 1.19 bits per heavy atom. The van der Waals surface area contributed by atoms with Gasteiger partial charge in [0.1, 0.15) is 17.2 Å². The Kier molecular flexibility index (Phi) is 5.86. The molecule has 0 aliphatic heterocycles. The summed E-state index contributed by atoms with van der Waals surface area (Å²) in [5, 5.41) is 5.81. The molecule has 136 valence electrons. The summed E-state index contributed by atoms with van der Waals surface area (Å²) in [7, 11) is 0. The number of fused-ring (bicyclic) bond motifs is 1. The predicted octanol–water partition coefficient (Wildman–Crippen LogP) is 3.86. The van der Waals surface area contributed by atoms with Crippen molar-refractivity contribution < 1.29 is 9.53 Å². The van der Waals surface area contributed by atoms with Crippen LogP contribution in [0.5, 0.6) is 0 Å². The highest BCUT2D eigenvalue weighted by Gasteiger charge is 2.16. The van der Waals surface area contributed by atoms with Crippen LogP contribution in [0.4, 0.5) is 10.6 Å². The van der Waals surface area contributed by atoms with Gasteiger partial charge in [-0.1, -0.05) is 35.9 Å². The predicted molar refractivity (Wildman–Crippen MR) is 103 cm³/mol. The molecule has 0 bridgehead atoms. The Hall–Kier alpha value is -2.86. The number of hydrogen-bond acceptors (Lipinski definition) is 3. The van der Waals surface area contributed by atoms with E-state index in [1.807, 2.05) is 66.9 Å². The van der Waals surface area contributed by atoms with Crippen molar-refractivity contribution in [3.8, 4) is 11.3 Å². The zero-order valence-electron chi connectivity index (χ0n) is 15.2. The summed E-state index contributed by atoms with van der Waals surface area (Å²) in [6.07, 6.45) is 2.67. The number of carbonyl (C=O) groups is 1. The molecule has 0 spiro atoms. The van der Waals surface area contributed by atoms with E-state index in [9.17, 15) is 4.79 Å². The molecule has 2 heterocycles. The first kappa shape index (κ1) is 17.9. The van der Waals surface area contributed by atoms with E-state index in [1.165, 1.54) is 5.56 Å². The number of benzene rings is 1. The molecule has 2 amide bonds. The van der Waals surface area contributed by atoms with Crippen molar-refractivity contribution in [2.24, 2.45) is 0 Å². The fourth-order valence-electron chi connectivity index (χ4n) is 2.70. The lowest BCUT2D eigenvalue weighted by Crippen LogP contribution is -2.30. The van der Waals surface area contributed by atoms with Crippen LogP contribution in [-0.2, 0) is 4.74 Å². The number of imidazole rings is 1. The fourth-order valence-corrected chi connectivity index (χ4v) is 2.70. The number of pyridine rings is 1. The molecule has 0 fully saturated rings. The molecule has 0 unspecified atom stereocenters. The highest BCUT2D eigenvalue weighted by atomic mass is 16.5. The molecule has 0 atom stereocenters. The van der Waals surface area contributed by atoms with E-state index < -0.39 is 0 Å². The molecular weight excluding hydrogens is 328 g/mol. The molecule has 3 rings (SSSR count). The van der Waals surface area contributed by atoms with Crippen LogP contribution < -0.4 is 10.6 Å². The van der Waals surface area contributed by atoms with Crippen LogP contribution in [0, 0.1) is 6.92 Å². The summed E-state index contributed by atoms with van der Waals surface area (Å²) >= 11 is 0. The maximum Gasteiger partial charge on any atom is 0.320 e. The first-order valence-electron chi connectivity index (χ1n) is 8.85. The maximum atomic E-state index is 12.3. The van der Waals surface area contributed by atoms with Crippen LogP contribution >= 0.6 is 0 Å². The number of rotatable bonds is 7. The van der Waals surface area contributed by atoms with Gasteiger partial charge >= 0.3 is 6.03 Å². The van der Waals surface area contributed by atoms with Gasteiger partial charge in [0.2, 0.25) is 0 Å². The second-order valence-electron chi connectivity index (χ2n) is 6.04. The average molecular weight is 352 g/mol. The highest BCUT2D eigenvalue weighted by Crippen LogP contribution is 2.28. The molecule has 26 heavy (non-hydrogen) atoms. The second kappa shape index (κ2) is 8.49. The number of hydrogen-bond donors (Lipinski definition) is 2. The van der Waals surface area contributed by atoms with E-state index in [0.29, 0.717) is 25.6 Å². The molecule has 0 aliphatic carbocycles. The van der Waals surface area contributed by atoms with E-state index in [4.69, 9.17) is 4.74 Å². The lowest BCUT2D eigenvalue weighted by atomic mass is 10.1. The molecule has 0 saturated heterocycles. The number of ether oxygens (including phenoxy) is 1. The van der Waals surface area contributed by atoms with E-state index in [0.717, 1.165) is 23.3 Å². The summed E-state index contributed by atoms with van der Waals surface area (Å²) in [5.74, 6) is 0.659. The molecule has 2 N–H and O–H groups in total. The highest BCUT2D eigenvalue weighted by molar-refractivity contribution is 5.93. The van der Waals surface area contributed by atoms with Crippen molar-refractivity contribution >= 4 is 17.5 Å². The molecule has 0 aliphatic rings. The smallest absolute Gasteiger partial charge is 0.320 e. The van der Waals surface area contributed by atoms with Gasteiger partial charge in [-0.3, -0.25) is 9.72 Å². The van der Waals surface area contributed by atoms with Crippen LogP contribution in [0.15, 0.2) is 48.7 Å². The van der Waals surface area contributed by atoms with Gasteiger partial charge in [0.15, 0.2) is 0 Å². The molecule has 6 heteroatoms. The quantitative estimate of drug-likeness (QED) is 0.635. The minimum Gasteiger partial charge on any atom is -0.382 e. The van der Waals surface area contributed by atoms with Crippen LogP contribution in [0.1, 0.15) is 18.9 Å². The average Bonchev–Trinajstić information content (AvgIpc) is 3.01. The lowest BCUT2D eigenvalue weighted by Gasteiger charge is -2.09. The normalized spacial score (nSPS) is 10.8. The van der Waals surface area contributed by atoms with Gasteiger partial charge in [-0.2, -0.15) is 0 Å². The zero-order chi connectivity index (χ0) is 18.4. The lowest BCUT2D eigenvalue weighted by molar-refractivity contribution is 0.145. The largest absolute Gasteiger partial charge is 0.382 e. The Labute approximate surface area is 153 Å². The monoisotopic (exact) mass is 352 g/mol. The van der Waals surface area contributed by atoms with E-state index >= 15 is 0 Å². The van der Waals surface area contributed by atoms with Crippen LogP contribution in [0.3, 0.4) is 0 Å². The standard InChI is InChI=1S/C20H24N4O2/c1-3-26-14-6-12-21-20(25)23-19-18(16-10-8-15(2)9-11-16)22-17-7-4-5-13-24(17)19/h4-5,7-11,13H,3,6,12,14H2,1-2H3,(H2,21,23,25). The van der Waals surface area contributed by atoms with Gasteiger partial charge in [0.05, 0.1) is 0 Å². The second-order valence-corrected chi connectivity index (χ2v) is 6.04. The molecule has 0 radical (unpaired) electrons. The van der Waals surface area contributed by atoms with Crippen LogP contribution in [-0.4, -0.2) is 35.2 Å². The molecule has 3 aromatic rings. The summed E-state index contributed by atoms with van der Waals surface area (Å²) in [6.45, 7) is 5.89. The molecule has 6 nitrogen and oxygen atoms in total. The van der Waals surface area contributed by atoms with Gasteiger partial charge < -0.3 is 10.1 Å². The Bertz CT molecular complexity index is 871. The maximum absolute atomic E-state index is 12.3. The minimum absolute atomic E-state index is 0.250. The van der Waals surface area contributed by atoms with Gasteiger partial charge in [0, 0.05) is 31.5 Å². The Balaban J connectivity index is 1.81. The number of nitrogens with one attached hydrogen (secondary N) is 2. The Morgan fingerprint density at radius 3 is 2.77 bits per heavy atom. The van der Waals surface area contributed by atoms with E-state index in [2.05, 4.69) is 15.6 Å². The third-order valence-corrected chi connectivity index (χ3v) is 4.04. The third-order valence-electron chi connectivity index (χ3n) is 4.04. The molecule has 2 aromatic heterocycles. The Morgan fingerprint density at radius 2 is 2.00 bits per heavy atom. The van der Waals surface area contributed by atoms with Crippen molar-refractivity contribution in [1.29, 1.82) is 0 Å². The van der Waals surface area contributed by atoms with Crippen molar-refractivity contribution in [3.05, 3.63) is 54.2 Å². The first-order chi connectivity index (χ1) is 12.7. The summed E-state index contributed by atoms with van der Waals surface area (Å²) in [4.78, 5) is 17.0. The number of aryl methyl sites for hydroxylation is 1. The minimum atomic E-state index is -0.250. The molecular formula is C20H24N4O2. The van der Waals surface area contributed by atoms with Gasteiger partial charge in [-0.05, 0) is 32.4 Å². The zero-order valence-corrected chi connectivity index (χ0v) is 15.2. The van der Waals surface area contributed by atoms with Gasteiger partial charge in [-0.15, -0.1) is 0 Å². The van der Waals surface area contributed by atoms with Crippen molar-refractivity contribution in [2.45, 2.75) is 20.3 Å². The first-order valence-corrected chi connectivity index (χ1v) is 8.85. The van der Waals surface area contributed by atoms with Crippen LogP contribution in [0.25, 0.3) is 16.9 Å². The molecule has 0 saturated carbocycles. The summed E-state index contributed by atoms with van der Waals surface area (Å²) in [6, 6.07) is 13.6. The summed E-state index contributed by atoms with van der Waals surface area (Å²) in [5.41, 5.74) is 3.68.